The van der Waals surface area contributed by atoms with Crippen LogP contribution in [-0.4, -0.2) is 15.1 Å². The molecule has 1 atom stereocenters. The molecule has 4 nitrogen and oxygen atoms in total. The summed E-state index contributed by atoms with van der Waals surface area (Å²) in [6, 6.07) is 24.4. The van der Waals surface area contributed by atoms with Crippen molar-refractivity contribution in [2.75, 3.05) is 0 Å². The fraction of sp³-hybridized carbons (Fsp3) is 0.167. The normalized spacial score (nSPS) is 12.0. The largest absolute Gasteiger partial charge is 0.392 e. The van der Waals surface area contributed by atoms with Crippen molar-refractivity contribution >= 4 is 11.3 Å². The third-order valence-corrected chi connectivity index (χ3v) is 5.75. The molecule has 0 aliphatic rings. The van der Waals surface area contributed by atoms with E-state index < -0.39 is 0 Å². The first-order valence-electron chi connectivity index (χ1n) is 9.64. The molecule has 4 rings (SSSR count). The molecule has 0 amide bonds. The van der Waals surface area contributed by atoms with Gasteiger partial charge in [0.1, 0.15) is 5.01 Å². The summed E-state index contributed by atoms with van der Waals surface area (Å²) in [7, 11) is 0. The second-order valence-electron chi connectivity index (χ2n) is 6.87. The zero-order valence-electron chi connectivity index (χ0n) is 16.0. The van der Waals surface area contributed by atoms with Crippen LogP contribution in [0.25, 0.3) is 11.3 Å². The van der Waals surface area contributed by atoms with E-state index >= 15 is 0 Å². The van der Waals surface area contributed by atoms with Crippen LogP contribution in [0, 0.1) is 0 Å². The minimum atomic E-state index is 0.0669. The van der Waals surface area contributed by atoms with Gasteiger partial charge < -0.3 is 10.4 Å². The summed E-state index contributed by atoms with van der Waals surface area (Å²) in [6.45, 7) is 0.793. The van der Waals surface area contributed by atoms with Gasteiger partial charge in [0.25, 0.3) is 0 Å². The van der Waals surface area contributed by atoms with Gasteiger partial charge in [0, 0.05) is 35.8 Å². The molecular formula is C24H23N3OS. The number of aliphatic hydroxyl groups excluding tert-OH is 1. The number of aliphatic hydroxyl groups is 1. The number of rotatable bonds is 8. The zero-order chi connectivity index (χ0) is 19.9. The van der Waals surface area contributed by atoms with Crippen molar-refractivity contribution in [1.82, 2.24) is 15.3 Å². The highest BCUT2D eigenvalue weighted by atomic mass is 32.1. The number of thiazole rings is 1. The lowest BCUT2D eigenvalue weighted by molar-refractivity contribution is 0.282. The van der Waals surface area contributed by atoms with E-state index in [0.717, 1.165) is 40.5 Å². The summed E-state index contributed by atoms with van der Waals surface area (Å²) >= 11 is 1.68. The van der Waals surface area contributed by atoms with E-state index in [9.17, 15) is 5.11 Å². The summed E-state index contributed by atoms with van der Waals surface area (Å²) in [4.78, 5) is 9.41. The van der Waals surface area contributed by atoms with Crippen molar-refractivity contribution in [2.45, 2.75) is 25.6 Å². The molecule has 2 heterocycles. The van der Waals surface area contributed by atoms with Gasteiger partial charge in [0.05, 0.1) is 18.3 Å². The second-order valence-corrected chi connectivity index (χ2v) is 7.76. The maximum Gasteiger partial charge on any atom is 0.111 e. The predicted octanol–water partition coefficient (Wildman–Crippen LogP) is 4.77. The van der Waals surface area contributed by atoms with E-state index in [1.165, 1.54) is 5.56 Å². The predicted molar refractivity (Wildman–Crippen MR) is 117 cm³/mol. The number of benzene rings is 2. The summed E-state index contributed by atoms with van der Waals surface area (Å²) < 4.78 is 0. The first kappa shape index (κ1) is 19.5. The summed E-state index contributed by atoms with van der Waals surface area (Å²) in [6.07, 6.45) is 2.61. The second kappa shape index (κ2) is 9.56. The van der Waals surface area contributed by atoms with E-state index in [1.807, 2.05) is 60.8 Å². The Morgan fingerprint density at radius 1 is 0.897 bits per heavy atom. The quantitative estimate of drug-likeness (QED) is 0.446. The summed E-state index contributed by atoms with van der Waals surface area (Å²) in [5.41, 5.74) is 5.27. The molecule has 0 aliphatic carbocycles. The molecule has 2 aromatic carbocycles. The molecule has 1 unspecified atom stereocenters. The van der Waals surface area contributed by atoms with Gasteiger partial charge in [-0.1, -0.05) is 60.7 Å². The average molecular weight is 402 g/mol. The van der Waals surface area contributed by atoms with Crippen LogP contribution >= 0.6 is 11.3 Å². The van der Waals surface area contributed by atoms with Crippen LogP contribution in [0.4, 0.5) is 0 Å². The molecule has 0 aliphatic heterocycles. The molecule has 146 valence electrons. The van der Waals surface area contributed by atoms with Crippen molar-refractivity contribution in [3.63, 3.8) is 0 Å². The highest BCUT2D eigenvalue weighted by Crippen LogP contribution is 2.27. The number of pyridine rings is 1. The lowest BCUT2D eigenvalue weighted by Gasteiger charge is -2.16. The molecule has 0 saturated heterocycles. The van der Waals surface area contributed by atoms with Crippen LogP contribution in [0.3, 0.4) is 0 Å². The Morgan fingerprint density at radius 2 is 1.66 bits per heavy atom. The number of hydrogen-bond donors (Lipinski definition) is 2. The molecule has 2 N–H and O–H groups in total. The molecule has 5 heteroatoms. The molecule has 4 aromatic rings. The van der Waals surface area contributed by atoms with E-state index in [1.54, 1.807) is 11.3 Å². The van der Waals surface area contributed by atoms with Crippen LogP contribution in [0.5, 0.6) is 0 Å². The van der Waals surface area contributed by atoms with Gasteiger partial charge in [-0.25, -0.2) is 4.98 Å². The highest BCUT2D eigenvalue weighted by Gasteiger charge is 2.17. The van der Waals surface area contributed by atoms with Gasteiger partial charge >= 0.3 is 0 Å². The van der Waals surface area contributed by atoms with Gasteiger partial charge in [0.15, 0.2) is 0 Å². The maximum absolute atomic E-state index is 9.23. The average Bonchev–Trinajstić information content (AvgIpc) is 3.28. The number of nitrogens with zero attached hydrogens (tertiary/aromatic N) is 2. The van der Waals surface area contributed by atoms with Gasteiger partial charge in [-0.05, 0) is 23.3 Å². The van der Waals surface area contributed by atoms with Gasteiger partial charge in [0.2, 0.25) is 0 Å². The SMILES string of the molecule is OCc1ccc(CNC(Cc2ccccn2)c2nc(-c3ccccc3)cs2)cc1. The Labute approximate surface area is 174 Å². The smallest absolute Gasteiger partial charge is 0.111 e. The van der Waals surface area contributed by atoms with Crippen molar-refractivity contribution in [1.29, 1.82) is 0 Å². The molecule has 29 heavy (non-hydrogen) atoms. The van der Waals surface area contributed by atoms with E-state index in [0.29, 0.717) is 0 Å². The lowest BCUT2D eigenvalue weighted by Crippen LogP contribution is -2.23. The Kier molecular flexibility index (Phi) is 6.42. The van der Waals surface area contributed by atoms with Gasteiger partial charge in [-0.3, -0.25) is 4.98 Å². The molecule has 0 fully saturated rings. The number of hydrogen-bond acceptors (Lipinski definition) is 5. The monoisotopic (exact) mass is 401 g/mol. The standard InChI is InChI=1S/C24H23N3OS/c28-16-19-11-9-18(10-12-19)15-26-22(14-21-8-4-5-13-25-21)24-27-23(17-29-24)20-6-2-1-3-7-20/h1-13,17,22,26,28H,14-16H2. The summed E-state index contributed by atoms with van der Waals surface area (Å²) in [5, 5.41) is 16.1. The van der Waals surface area contributed by atoms with Crippen LogP contribution in [0.15, 0.2) is 84.4 Å². The number of nitrogens with one attached hydrogen (secondary N) is 1. The minimum Gasteiger partial charge on any atom is -0.392 e. The third kappa shape index (κ3) is 5.15. The molecule has 0 bridgehead atoms. The first-order valence-corrected chi connectivity index (χ1v) is 10.5. The van der Waals surface area contributed by atoms with Crippen LogP contribution in [-0.2, 0) is 19.6 Å². The Bertz CT molecular complexity index is 1020. The maximum atomic E-state index is 9.23. The van der Waals surface area contributed by atoms with Gasteiger partial charge in [-0.2, -0.15) is 0 Å². The Hall–Kier alpha value is -2.86. The molecule has 2 aromatic heterocycles. The number of aromatic nitrogens is 2. The molecule has 0 spiro atoms. The van der Waals surface area contributed by atoms with Crippen LogP contribution < -0.4 is 5.32 Å². The molecule has 0 saturated carbocycles. The minimum absolute atomic E-state index is 0.0669. The fourth-order valence-corrected chi connectivity index (χ4v) is 4.07. The topological polar surface area (TPSA) is 58.0 Å². The van der Waals surface area contributed by atoms with E-state index in [-0.39, 0.29) is 12.6 Å². The van der Waals surface area contributed by atoms with Crippen molar-refractivity contribution < 1.29 is 5.11 Å². The highest BCUT2D eigenvalue weighted by molar-refractivity contribution is 7.10. The summed E-state index contributed by atoms with van der Waals surface area (Å²) in [5.74, 6) is 0. The molecular weight excluding hydrogens is 378 g/mol. The fourth-order valence-electron chi connectivity index (χ4n) is 3.17. The van der Waals surface area contributed by atoms with Crippen LogP contribution in [0.2, 0.25) is 0 Å². The van der Waals surface area contributed by atoms with Gasteiger partial charge in [-0.15, -0.1) is 11.3 Å². The zero-order valence-corrected chi connectivity index (χ0v) is 16.8. The van der Waals surface area contributed by atoms with E-state index in [2.05, 4.69) is 33.9 Å². The van der Waals surface area contributed by atoms with Crippen molar-refractivity contribution in [2.24, 2.45) is 0 Å². The Morgan fingerprint density at radius 3 is 2.38 bits per heavy atom. The van der Waals surface area contributed by atoms with E-state index in [4.69, 9.17) is 4.98 Å². The molecule has 0 radical (unpaired) electrons. The Balaban J connectivity index is 1.54. The van der Waals surface area contributed by atoms with Crippen molar-refractivity contribution in [3.8, 4) is 11.3 Å². The van der Waals surface area contributed by atoms with Crippen LogP contribution in [0.1, 0.15) is 27.9 Å². The first-order chi connectivity index (χ1) is 14.3. The third-order valence-electron chi connectivity index (χ3n) is 4.79. The lowest BCUT2D eigenvalue weighted by atomic mass is 10.1. The van der Waals surface area contributed by atoms with Crippen molar-refractivity contribution in [3.05, 3.63) is 106 Å².